The second-order valence-electron chi connectivity index (χ2n) is 4.25. The highest BCUT2D eigenvalue weighted by Gasteiger charge is 2.28. The zero-order chi connectivity index (χ0) is 13.8. The second kappa shape index (κ2) is 6.08. The maximum Gasteiger partial charge on any atom is 0.257 e. The van der Waals surface area contributed by atoms with Gasteiger partial charge in [0, 0.05) is 11.3 Å². The van der Waals surface area contributed by atoms with E-state index >= 15 is 0 Å². The van der Waals surface area contributed by atoms with Crippen molar-refractivity contribution in [2.24, 2.45) is 0 Å². The number of aromatic nitrogens is 2. The summed E-state index contributed by atoms with van der Waals surface area (Å²) in [7, 11) is -3.48. The zero-order valence-corrected chi connectivity index (χ0v) is 12.9. The van der Waals surface area contributed by atoms with Gasteiger partial charge in [-0.05, 0) is 26.0 Å². The SMILES string of the molecule is CCC(CC)(CNS(=O)(=O)c1cnc(C)[nH]1)SC. The second-order valence-corrected chi connectivity index (χ2v) is 7.26. The summed E-state index contributed by atoms with van der Waals surface area (Å²) in [5, 5.41) is 0.127. The Bertz CT molecular complexity index is 470. The Labute approximate surface area is 113 Å². The van der Waals surface area contributed by atoms with Gasteiger partial charge in [0.1, 0.15) is 5.82 Å². The van der Waals surface area contributed by atoms with Crippen LogP contribution in [0.4, 0.5) is 0 Å². The lowest BCUT2D eigenvalue weighted by atomic mass is 10.0. The van der Waals surface area contributed by atoms with Gasteiger partial charge < -0.3 is 4.98 Å². The maximum absolute atomic E-state index is 12.0. The summed E-state index contributed by atoms with van der Waals surface area (Å²) in [6.45, 7) is 6.31. The highest BCUT2D eigenvalue weighted by molar-refractivity contribution is 8.00. The number of sulfonamides is 1. The van der Waals surface area contributed by atoms with Gasteiger partial charge in [-0.1, -0.05) is 13.8 Å². The van der Waals surface area contributed by atoms with Crippen molar-refractivity contribution in [3.05, 3.63) is 12.0 Å². The number of rotatable bonds is 7. The smallest absolute Gasteiger partial charge is 0.257 e. The van der Waals surface area contributed by atoms with Gasteiger partial charge >= 0.3 is 0 Å². The third-order valence-corrected chi connectivity index (χ3v) is 6.17. The lowest BCUT2D eigenvalue weighted by molar-refractivity contribution is 0.521. The fraction of sp³-hybridized carbons (Fsp3) is 0.727. The summed E-state index contributed by atoms with van der Waals surface area (Å²) in [4.78, 5) is 6.65. The average Bonchev–Trinajstić information content (AvgIpc) is 2.79. The van der Waals surface area contributed by atoms with Crippen molar-refractivity contribution in [3.63, 3.8) is 0 Å². The minimum absolute atomic E-state index is 0.0395. The van der Waals surface area contributed by atoms with Crippen LogP contribution in [0.1, 0.15) is 32.5 Å². The number of H-pyrrole nitrogens is 1. The van der Waals surface area contributed by atoms with E-state index in [4.69, 9.17) is 0 Å². The first-order chi connectivity index (χ1) is 8.39. The third-order valence-electron chi connectivity index (χ3n) is 3.28. The van der Waals surface area contributed by atoms with Gasteiger partial charge in [0.2, 0.25) is 0 Å². The van der Waals surface area contributed by atoms with Crippen LogP contribution in [-0.2, 0) is 10.0 Å². The molecule has 104 valence electrons. The average molecular weight is 291 g/mol. The number of hydrogen-bond donors (Lipinski definition) is 2. The molecule has 1 aromatic heterocycles. The van der Waals surface area contributed by atoms with E-state index in [1.807, 2.05) is 6.26 Å². The summed E-state index contributed by atoms with van der Waals surface area (Å²) in [5.74, 6) is 0.595. The molecule has 0 saturated carbocycles. The molecule has 1 heterocycles. The van der Waals surface area contributed by atoms with Crippen molar-refractivity contribution in [2.45, 2.75) is 43.4 Å². The van der Waals surface area contributed by atoms with Gasteiger partial charge in [-0.15, -0.1) is 0 Å². The van der Waals surface area contributed by atoms with E-state index in [9.17, 15) is 8.42 Å². The fourth-order valence-electron chi connectivity index (χ4n) is 1.70. The van der Waals surface area contributed by atoms with E-state index in [2.05, 4.69) is 28.5 Å². The fourth-order valence-corrected chi connectivity index (χ4v) is 3.68. The molecular formula is C11H21N3O2S2. The van der Waals surface area contributed by atoms with Crippen molar-refractivity contribution >= 4 is 21.8 Å². The third kappa shape index (κ3) is 3.49. The van der Waals surface area contributed by atoms with Crippen molar-refractivity contribution in [1.29, 1.82) is 0 Å². The molecular weight excluding hydrogens is 270 g/mol. The molecule has 0 saturated heterocycles. The monoisotopic (exact) mass is 291 g/mol. The molecule has 0 atom stereocenters. The molecule has 5 nitrogen and oxygen atoms in total. The van der Waals surface area contributed by atoms with Crippen LogP contribution in [0.5, 0.6) is 0 Å². The highest BCUT2D eigenvalue weighted by atomic mass is 32.2. The standard InChI is InChI=1S/C11H21N3O2S2/c1-5-11(6-2,17-4)8-13-18(15,16)10-7-12-9(3)14-10/h7,13H,5-6,8H2,1-4H3,(H,12,14). The first-order valence-corrected chi connectivity index (χ1v) is 8.66. The Morgan fingerprint density at radius 2 is 2.06 bits per heavy atom. The Morgan fingerprint density at radius 3 is 2.44 bits per heavy atom. The molecule has 0 aromatic carbocycles. The molecule has 0 amide bonds. The van der Waals surface area contributed by atoms with Crippen LogP contribution in [-0.4, -0.2) is 35.9 Å². The molecule has 0 bridgehead atoms. The van der Waals surface area contributed by atoms with E-state index in [0.717, 1.165) is 12.8 Å². The number of thioether (sulfide) groups is 1. The molecule has 1 rings (SSSR count). The number of aromatic amines is 1. The largest absolute Gasteiger partial charge is 0.332 e. The summed E-state index contributed by atoms with van der Waals surface area (Å²) < 4.78 is 26.7. The number of nitrogens with one attached hydrogen (secondary N) is 2. The Hall–Kier alpha value is -0.530. The number of nitrogens with zero attached hydrogens (tertiary/aromatic N) is 1. The van der Waals surface area contributed by atoms with Crippen LogP contribution in [0, 0.1) is 6.92 Å². The van der Waals surface area contributed by atoms with Gasteiger partial charge in [0.25, 0.3) is 10.0 Å². The molecule has 0 fully saturated rings. The minimum Gasteiger partial charge on any atom is -0.332 e. The van der Waals surface area contributed by atoms with Gasteiger partial charge in [-0.2, -0.15) is 11.8 Å². The predicted molar refractivity (Wildman–Crippen MR) is 75.3 cm³/mol. The summed E-state index contributed by atoms with van der Waals surface area (Å²) in [6, 6.07) is 0. The molecule has 7 heteroatoms. The van der Waals surface area contributed by atoms with Gasteiger partial charge in [0.05, 0.1) is 6.20 Å². The predicted octanol–water partition coefficient (Wildman–Crippen LogP) is 1.92. The molecule has 0 aliphatic carbocycles. The Kier molecular flexibility index (Phi) is 5.24. The van der Waals surface area contributed by atoms with Crippen LogP contribution in [0.25, 0.3) is 0 Å². The van der Waals surface area contributed by atoms with Crippen LogP contribution < -0.4 is 4.72 Å². The van der Waals surface area contributed by atoms with E-state index in [1.54, 1.807) is 18.7 Å². The van der Waals surface area contributed by atoms with E-state index in [0.29, 0.717) is 12.4 Å². The zero-order valence-electron chi connectivity index (χ0n) is 11.3. The van der Waals surface area contributed by atoms with Crippen LogP contribution in [0.2, 0.25) is 0 Å². The molecule has 0 aliphatic heterocycles. The topological polar surface area (TPSA) is 74.8 Å². The van der Waals surface area contributed by atoms with Crippen LogP contribution in [0.15, 0.2) is 11.2 Å². The van der Waals surface area contributed by atoms with E-state index in [1.165, 1.54) is 6.20 Å². The minimum atomic E-state index is -3.48. The van der Waals surface area contributed by atoms with Crippen LogP contribution >= 0.6 is 11.8 Å². The Morgan fingerprint density at radius 1 is 1.44 bits per heavy atom. The quantitative estimate of drug-likeness (QED) is 0.805. The van der Waals surface area contributed by atoms with Crippen molar-refractivity contribution in [3.8, 4) is 0 Å². The summed E-state index contributed by atoms with van der Waals surface area (Å²) >= 11 is 1.71. The number of imidazole rings is 1. The molecule has 18 heavy (non-hydrogen) atoms. The van der Waals surface area contributed by atoms with Crippen molar-refractivity contribution in [2.75, 3.05) is 12.8 Å². The lowest BCUT2D eigenvalue weighted by Crippen LogP contribution is -2.39. The molecule has 0 unspecified atom stereocenters. The molecule has 1 aromatic rings. The molecule has 2 N–H and O–H groups in total. The summed E-state index contributed by atoms with van der Waals surface area (Å²) in [5.41, 5.74) is 0. The van der Waals surface area contributed by atoms with Gasteiger partial charge in [-0.3, -0.25) is 0 Å². The Balaban J connectivity index is 2.79. The number of hydrogen-bond acceptors (Lipinski definition) is 4. The molecule has 0 radical (unpaired) electrons. The van der Waals surface area contributed by atoms with Crippen molar-refractivity contribution in [1.82, 2.24) is 14.7 Å². The van der Waals surface area contributed by atoms with E-state index < -0.39 is 10.0 Å². The highest BCUT2D eigenvalue weighted by Crippen LogP contribution is 2.29. The van der Waals surface area contributed by atoms with Gasteiger partial charge in [-0.25, -0.2) is 18.1 Å². The molecule has 0 spiro atoms. The van der Waals surface area contributed by atoms with E-state index in [-0.39, 0.29) is 9.77 Å². The van der Waals surface area contributed by atoms with Crippen molar-refractivity contribution < 1.29 is 8.42 Å². The lowest BCUT2D eigenvalue weighted by Gasteiger charge is -2.29. The maximum atomic E-state index is 12.0. The normalized spacial score (nSPS) is 12.9. The summed E-state index contributed by atoms with van der Waals surface area (Å²) in [6.07, 6.45) is 5.21. The number of aryl methyl sites for hydroxylation is 1. The van der Waals surface area contributed by atoms with Gasteiger partial charge in [0.15, 0.2) is 5.03 Å². The first kappa shape index (κ1) is 15.5. The van der Waals surface area contributed by atoms with Crippen LogP contribution in [0.3, 0.4) is 0 Å². The first-order valence-electron chi connectivity index (χ1n) is 5.95. The molecule has 0 aliphatic rings.